The smallest absolute Gasteiger partial charge is 0.204 e. The Bertz CT molecular complexity index is 898. The molecular formula is C18H17Cl2NO2S. The number of methoxy groups -OCH3 is 1. The molecule has 0 aliphatic carbocycles. The van der Waals surface area contributed by atoms with Crippen molar-refractivity contribution in [3.8, 4) is 5.75 Å². The highest BCUT2D eigenvalue weighted by Crippen LogP contribution is 2.32. The van der Waals surface area contributed by atoms with E-state index in [2.05, 4.69) is 17.6 Å². The van der Waals surface area contributed by atoms with Crippen LogP contribution in [-0.2, 0) is 6.54 Å². The maximum absolute atomic E-state index is 12.8. The van der Waals surface area contributed by atoms with Gasteiger partial charge in [0, 0.05) is 29.1 Å². The van der Waals surface area contributed by atoms with Gasteiger partial charge in [0.2, 0.25) is 5.78 Å². The van der Waals surface area contributed by atoms with E-state index in [1.807, 2.05) is 6.07 Å². The Kier molecular flexibility index (Phi) is 5.18. The van der Waals surface area contributed by atoms with E-state index in [4.69, 9.17) is 27.9 Å². The third-order valence-electron chi connectivity index (χ3n) is 3.94. The highest BCUT2D eigenvalue weighted by atomic mass is 35.5. The molecule has 0 N–H and O–H groups in total. The average molecular weight is 382 g/mol. The fraction of sp³-hybridized carbons (Fsp3) is 0.278. The average Bonchev–Trinajstić information content (AvgIpc) is 3.09. The maximum Gasteiger partial charge on any atom is 0.204 e. The van der Waals surface area contributed by atoms with Gasteiger partial charge in [0.1, 0.15) is 10.6 Å². The molecule has 0 atom stereocenters. The number of ketones is 1. The van der Waals surface area contributed by atoms with Crippen molar-refractivity contribution in [1.82, 2.24) is 4.57 Å². The monoisotopic (exact) mass is 381 g/mol. The molecule has 0 amide bonds. The van der Waals surface area contributed by atoms with E-state index in [9.17, 15) is 4.79 Å². The normalized spacial score (nSPS) is 11.2. The van der Waals surface area contributed by atoms with Gasteiger partial charge >= 0.3 is 0 Å². The first-order valence-corrected chi connectivity index (χ1v) is 9.32. The number of carbonyl (C=O) groups excluding carboxylic acids is 1. The molecule has 0 bridgehead atoms. The molecule has 3 aromatic rings. The molecule has 6 heteroatoms. The Hall–Kier alpha value is -1.49. The van der Waals surface area contributed by atoms with E-state index in [0.29, 0.717) is 27.1 Å². The van der Waals surface area contributed by atoms with Crippen molar-refractivity contribution in [3.63, 3.8) is 0 Å². The molecule has 0 fully saturated rings. The summed E-state index contributed by atoms with van der Waals surface area (Å²) in [4.78, 5) is 14.6. The Morgan fingerprint density at radius 3 is 2.75 bits per heavy atom. The first kappa shape index (κ1) is 17.3. The Balaban J connectivity index is 1.97. The number of benzene rings is 1. The lowest BCUT2D eigenvalue weighted by Crippen LogP contribution is -2.01. The zero-order valence-corrected chi connectivity index (χ0v) is 15.8. The van der Waals surface area contributed by atoms with Gasteiger partial charge in [0.15, 0.2) is 0 Å². The number of hydrogen-bond acceptors (Lipinski definition) is 3. The predicted molar refractivity (Wildman–Crippen MR) is 101 cm³/mol. The first-order chi connectivity index (χ1) is 11.5. The Morgan fingerprint density at radius 1 is 1.29 bits per heavy atom. The van der Waals surface area contributed by atoms with Crippen LogP contribution >= 0.6 is 34.5 Å². The molecule has 1 aromatic carbocycles. The molecule has 0 saturated carbocycles. The van der Waals surface area contributed by atoms with Crippen LogP contribution in [0, 0.1) is 6.92 Å². The largest absolute Gasteiger partial charge is 0.497 e. The molecule has 3 rings (SSSR count). The molecule has 0 spiro atoms. The molecule has 126 valence electrons. The Morgan fingerprint density at radius 2 is 2.08 bits per heavy atom. The van der Waals surface area contributed by atoms with Crippen LogP contribution in [0.3, 0.4) is 0 Å². The molecule has 0 radical (unpaired) electrons. The van der Waals surface area contributed by atoms with E-state index in [0.717, 1.165) is 23.2 Å². The van der Waals surface area contributed by atoms with Crippen LogP contribution in [0.4, 0.5) is 0 Å². The van der Waals surface area contributed by atoms with Crippen molar-refractivity contribution in [2.45, 2.75) is 19.9 Å². The van der Waals surface area contributed by atoms with Crippen LogP contribution in [0.5, 0.6) is 5.75 Å². The van der Waals surface area contributed by atoms with Crippen molar-refractivity contribution in [3.05, 3.63) is 51.5 Å². The number of ether oxygens (including phenoxy) is 1. The SMILES string of the molecule is COc1ccc(C(=O)c2cc3cc(C)n(CCCCl)c3s2)c(Cl)c1. The summed E-state index contributed by atoms with van der Waals surface area (Å²) in [6.07, 6.45) is 0.900. The summed E-state index contributed by atoms with van der Waals surface area (Å²) >= 11 is 13.5. The van der Waals surface area contributed by atoms with Crippen LogP contribution in [0.15, 0.2) is 30.3 Å². The van der Waals surface area contributed by atoms with Gasteiger partial charge < -0.3 is 9.30 Å². The third kappa shape index (κ3) is 3.18. The fourth-order valence-corrected chi connectivity index (χ4v) is 4.27. The second kappa shape index (κ2) is 7.18. The number of halogens is 2. The molecule has 3 nitrogen and oxygen atoms in total. The summed E-state index contributed by atoms with van der Waals surface area (Å²) in [6, 6.07) is 9.16. The second-order valence-corrected chi connectivity index (χ2v) is 7.34. The number of hydrogen-bond donors (Lipinski definition) is 0. The minimum Gasteiger partial charge on any atom is -0.497 e. The fourth-order valence-electron chi connectivity index (χ4n) is 2.72. The maximum atomic E-state index is 12.8. The lowest BCUT2D eigenvalue weighted by atomic mass is 10.1. The third-order valence-corrected chi connectivity index (χ3v) is 5.69. The van der Waals surface area contributed by atoms with Crippen LogP contribution in [0.2, 0.25) is 5.02 Å². The number of thiophene rings is 1. The second-order valence-electron chi connectivity index (χ2n) is 5.53. The standard InChI is InChI=1S/C18H17Cl2NO2S/c1-11-8-12-9-16(24-18(12)21(11)7-3-6-19)17(22)14-5-4-13(23-2)10-15(14)20/h4-5,8-10H,3,6-7H2,1-2H3. The number of nitrogens with zero attached hydrogens (tertiary/aromatic N) is 1. The zero-order chi connectivity index (χ0) is 17.3. The summed E-state index contributed by atoms with van der Waals surface area (Å²) in [5.41, 5.74) is 1.67. The molecule has 24 heavy (non-hydrogen) atoms. The number of alkyl halides is 1. The van der Waals surface area contributed by atoms with E-state index in [1.54, 1.807) is 25.3 Å². The molecular weight excluding hydrogens is 365 g/mol. The molecule has 0 aliphatic heterocycles. The van der Waals surface area contributed by atoms with E-state index < -0.39 is 0 Å². The van der Waals surface area contributed by atoms with Crippen molar-refractivity contribution in [2.24, 2.45) is 0 Å². The number of aryl methyl sites for hydroxylation is 2. The topological polar surface area (TPSA) is 31.2 Å². The first-order valence-electron chi connectivity index (χ1n) is 7.59. The van der Waals surface area contributed by atoms with Gasteiger partial charge in [-0.1, -0.05) is 11.6 Å². The molecule has 0 aliphatic rings. The molecule has 0 saturated heterocycles. The number of aromatic nitrogens is 1. The van der Waals surface area contributed by atoms with Gasteiger partial charge in [0.05, 0.1) is 17.0 Å². The molecule has 2 heterocycles. The minimum absolute atomic E-state index is 0.0644. The summed E-state index contributed by atoms with van der Waals surface area (Å²) in [7, 11) is 1.57. The van der Waals surface area contributed by atoms with E-state index in [-0.39, 0.29) is 5.78 Å². The number of rotatable bonds is 6. The van der Waals surface area contributed by atoms with E-state index >= 15 is 0 Å². The van der Waals surface area contributed by atoms with E-state index in [1.165, 1.54) is 17.0 Å². The zero-order valence-electron chi connectivity index (χ0n) is 13.4. The van der Waals surface area contributed by atoms with Gasteiger partial charge in [-0.3, -0.25) is 4.79 Å². The summed E-state index contributed by atoms with van der Waals surface area (Å²) in [6.45, 7) is 2.93. The lowest BCUT2D eigenvalue weighted by Gasteiger charge is -2.06. The highest BCUT2D eigenvalue weighted by molar-refractivity contribution is 7.20. The summed E-state index contributed by atoms with van der Waals surface area (Å²) in [5.74, 6) is 1.19. The summed E-state index contributed by atoms with van der Waals surface area (Å²) in [5, 5.41) is 1.48. The van der Waals surface area contributed by atoms with Gasteiger partial charge in [-0.2, -0.15) is 0 Å². The Labute approximate surface area is 154 Å². The van der Waals surface area contributed by atoms with Crippen molar-refractivity contribution < 1.29 is 9.53 Å². The number of fused-ring (bicyclic) bond motifs is 1. The van der Waals surface area contributed by atoms with Crippen LogP contribution in [-0.4, -0.2) is 23.3 Å². The van der Waals surface area contributed by atoms with Gasteiger partial charge in [-0.15, -0.1) is 22.9 Å². The van der Waals surface area contributed by atoms with Crippen LogP contribution in [0.25, 0.3) is 10.2 Å². The van der Waals surface area contributed by atoms with Gasteiger partial charge in [0.25, 0.3) is 0 Å². The van der Waals surface area contributed by atoms with Crippen LogP contribution in [0.1, 0.15) is 27.3 Å². The van der Waals surface area contributed by atoms with Crippen molar-refractivity contribution in [2.75, 3.05) is 13.0 Å². The van der Waals surface area contributed by atoms with Gasteiger partial charge in [-0.05, 0) is 43.7 Å². The lowest BCUT2D eigenvalue weighted by molar-refractivity contribution is 0.104. The van der Waals surface area contributed by atoms with Crippen LogP contribution < -0.4 is 4.74 Å². The minimum atomic E-state index is -0.0644. The highest BCUT2D eigenvalue weighted by Gasteiger charge is 2.18. The molecule has 2 aromatic heterocycles. The molecule has 0 unspecified atom stereocenters. The quantitative estimate of drug-likeness (QED) is 0.414. The van der Waals surface area contributed by atoms with Gasteiger partial charge in [-0.25, -0.2) is 0 Å². The predicted octanol–water partition coefficient (Wildman–Crippen LogP) is 5.53. The summed E-state index contributed by atoms with van der Waals surface area (Å²) < 4.78 is 7.35. The number of carbonyl (C=O) groups is 1. The van der Waals surface area contributed by atoms with Crippen molar-refractivity contribution in [1.29, 1.82) is 0 Å². The van der Waals surface area contributed by atoms with Crippen molar-refractivity contribution >= 4 is 50.5 Å².